The predicted octanol–water partition coefficient (Wildman–Crippen LogP) is 2.70. The third-order valence-corrected chi connectivity index (χ3v) is 5.14. The Morgan fingerprint density at radius 3 is 2.54 bits per heavy atom. The smallest absolute Gasteiger partial charge is 0.259 e. The lowest BCUT2D eigenvalue weighted by Gasteiger charge is -2.35. The fourth-order valence-electron chi connectivity index (χ4n) is 3.41. The molecule has 0 saturated heterocycles. The van der Waals surface area contributed by atoms with Gasteiger partial charge < -0.3 is 20.7 Å². The van der Waals surface area contributed by atoms with E-state index in [9.17, 15) is 9.59 Å². The third kappa shape index (κ3) is 5.46. The van der Waals surface area contributed by atoms with Gasteiger partial charge in [0, 0.05) is 20.5 Å². The zero-order valence-electron chi connectivity index (χ0n) is 16.1. The van der Waals surface area contributed by atoms with Crippen molar-refractivity contribution in [3.63, 3.8) is 0 Å². The Morgan fingerprint density at radius 2 is 1.92 bits per heavy atom. The lowest BCUT2D eigenvalue weighted by molar-refractivity contribution is -0.130. The normalized spacial score (nSPS) is 16.0. The maximum Gasteiger partial charge on any atom is 0.259 e. The van der Waals surface area contributed by atoms with Gasteiger partial charge in [-0.2, -0.15) is 0 Å². The maximum atomic E-state index is 12.6. The second-order valence-corrected chi connectivity index (χ2v) is 7.57. The van der Waals surface area contributed by atoms with Crippen molar-refractivity contribution in [2.45, 2.75) is 45.4 Å². The van der Waals surface area contributed by atoms with Crippen LogP contribution in [0.2, 0.25) is 0 Å². The molecule has 1 aromatic rings. The molecule has 1 aliphatic rings. The number of nitrogens with two attached hydrogens (primary N) is 1. The summed E-state index contributed by atoms with van der Waals surface area (Å²) in [4.78, 5) is 25.9. The van der Waals surface area contributed by atoms with Crippen LogP contribution in [0, 0.1) is 12.3 Å². The molecule has 26 heavy (non-hydrogen) atoms. The molecule has 0 atom stereocenters. The summed E-state index contributed by atoms with van der Waals surface area (Å²) in [6.07, 6.45) is 5.93. The fourth-order valence-corrected chi connectivity index (χ4v) is 3.41. The molecule has 1 fully saturated rings. The van der Waals surface area contributed by atoms with E-state index in [2.05, 4.69) is 5.32 Å². The zero-order valence-corrected chi connectivity index (χ0v) is 16.1. The number of aryl methyl sites for hydroxylation is 1. The number of nitrogens with zero attached hydrogens (tertiary/aromatic N) is 1. The number of carbonyl (C=O) groups excluding carboxylic acids is 2. The Bertz CT molecular complexity index is 637. The van der Waals surface area contributed by atoms with Crippen molar-refractivity contribution >= 4 is 17.5 Å². The molecule has 1 aromatic carbocycles. The van der Waals surface area contributed by atoms with Crippen LogP contribution < -0.4 is 15.8 Å². The summed E-state index contributed by atoms with van der Waals surface area (Å²) in [5.41, 5.74) is 7.50. The van der Waals surface area contributed by atoms with E-state index in [-0.39, 0.29) is 23.8 Å². The number of likely N-dealkylation sites (N-methyl/N-ethyl adjacent to an activating group) is 1. The lowest BCUT2D eigenvalue weighted by Crippen LogP contribution is -2.36. The number of rotatable bonds is 7. The van der Waals surface area contributed by atoms with Gasteiger partial charge in [-0.3, -0.25) is 9.59 Å². The highest BCUT2D eigenvalue weighted by Crippen LogP contribution is 2.39. The Labute approximate surface area is 156 Å². The Morgan fingerprint density at radius 1 is 1.23 bits per heavy atom. The van der Waals surface area contributed by atoms with Gasteiger partial charge >= 0.3 is 0 Å². The Hall–Kier alpha value is -2.08. The molecule has 0 bridgehead atoms. The van der Waals surface area contributed by atoms with Crippen molar-refractivity contribution in [3.8, 4) is 5.75 Å². The molecule has 2 rings (SSSR count). The number of anilines is 1. The summed E-state index contributed by atoms with van der Waals surface area (Å²) in [5.74, 6) is 0.331. The van der Waals surface area contributed by atoms with Crippen LogP contribution in [0.25, 0.3) is 0 Å². The lowest BCUT2D eigenvalue weighted by atomic mass is 9.71. The van der Waals surface area contributed by atoms with Crippen LogP contribution in [0.4, 0.5) is 5.69 Å². The first-order chi connectivity index (χ1) is 12.3. The summed E-state index contributed by atoms with van der Waals surface area (Å²) >= 11 is 0. The summed E-state index contributed by atoms with van der Waals surface area (Å²) in [6.45, 7) is 2.42. The van der Waals surface area contributed by atoms with Gasteiger partial charge in [0.1, 0.15) is 5.75 Å². The highest BCUT2D eigenvalue weighted by Gasteiger charge is 2.33. The van der Waals surface area contributed by atoms with Crippen LogP contribution in [0.3, 0.4) is 0 Å². The van der Waals surface area contributed by atoms with Crippen LogP contribution in [-0.2, 0) is 9.59 Å². The number of hydrogen-bond acceptors (Lipinski definition) is 4. The SMILES string of the molecule is Cc1ccc(NC(=O)CC2(CN)CCCCC2)c(OCC(=O)N(C)C)c1. The zero-order chi connectivity index (χ0) is 19.2. The van der Waals surface area contributed by atoms with Crippen molar-refractivity contribution in [2.75, 3.05) is 32.6 Å². The van der Waals surface area contributed by atoms with Gasteiger partial charge in [-0.25, -0.2) is 0 Å². The molecule has 0 unspecified atom stereocenters. The molecule has 6 nitrogen and oxygen atoms in total. The van der Waals surface area contributed by atoms with E-state index in [4.69, 9.17) is 10.5 Å². The minimum absolute atomic E-state index is 0.0509. The van der Waals surface area contributed by atoms with E-state index < -0.39 is 0 Å². The molecular formula is C20H31N3O3. The largest absolute Gasteiger partial charge is 0.482 e. The molecule has 0 spiro atoms. The van der Waals surface area contributed by atoms with Crippen molar-refractivity contribution in [2.24, 2.45) is 11.1 Å². The number of amides is 2. The van der Waals surface area contributed by atoms with E-state index in [1.807, 2.05) is 25.1 Å². The van der Waals surface area contributed by atoms with E-state index in [0.29, 0.717) is 24.4 Å². The van der Waals surface area contributed by atoms with Crippen LogP contribution in [0.1, 0.15) is 44.1 Å². The van der Waals surface area contributed by atoms with Crippen molar-refractivity contribution in [3.05, 3.63) is 23.8 Å². The predicted molar refractivity (Wildman–Crippen MR) is 103 cm³/mol. The fraction of sp³-hybridized carbons (Fsp3) is 0.600. The molecular weight excluding hydrogens is 330 g/mol. The van der Waals surface area contributed by atoms with Crippen LogP contribution in [0.15, 0.2) is 18.2 Å². The number of benzene rings is 1. The van der Waals surface area contributed by atoms with Crippen LogP contribution in [0.5, 0.6) is 5.75 Å². The van der Waals surface area contributed by atoms with Crippen molar-refractivity contribution in [1.29, 1.82) is 0 Å². The van der Waals surface area contributed by atoms with Gasteiger partial charge in [0.2, 0.25) is 5.91 Å². The molecule has 144 valence electrons. The molecule has 6 heteroatoms. The average Bonchev–Trinajstić information content (AvgIpc) is 2.62. The minimum atomic E-state index is -0.131. The van der Waals surface area contributed by atoms with Gasteiger partial charge in [-0.05, 0) is 49.4 Å². The number of hydrogen-bond donors (Lipinski definition) is 2. The van der Waals surface area contributed by atoms with Gasteiger partial charge in [-0.15, -0.1) is 0 Å². The molecule has 0 heterocycles. The van der Waals surface area contributed by atoms with Crippen molar-refractivity contribution in [1.82, 2.24) is 4.90 Å². The first-order valence-electron chi connectivity index (χ1n) is 9.29. The van der Waals surface area contributed by atoms with Gasteiger partial charge in [0.25, 0.3) is 5.91 Å². The highest BCUT2D eigenvalue weighted by molar-refractivity contribution is 5.93. The van der Waals surface area contributed by atoms with Gasteiger partial charge in [0.15, 0.2) is 6.61 Å². The third-order valence-electron chi connectivity index (χ3n) is 5.14. The maximum absolute atomic E-state index is 12.6. The van der Waals surface area contributed by atoms with E-state index in [1.54, 1.807) is 14.1 Å². The molecule has 3 N–H and O–H groups in total. The first-order valence-corrected chi connectivity index (χ1v) is 9.29. The quantitative estimate of drug-likeness (QED) is 0.782. The Balaban J connectivity index is 2.05. The molecule has 0 aliphatic heterocycles. The second kappa shape index (κ2) is 9.03. The van der Waals surface area contributed by atoms with Crippen molar-refractivity contribution < 1.29 is 14.3 Å². The van der Waals surface area contributed by atoms with E-state index >= 15 is 0 Å². The average molecular weight is 361 g/mol. The van der Waals surface area contributed by atoms with Gasteiger partial charge in [-0.1, -0.05) is 25.3 Å². The van der Waals surface area contributed by atoms with Crippen LogP contribution >= 0.6 is 0 Å². The minimum Gasteiger partial charge on any atom is -0.482 e. The number of nitrogens with one attached hydrogen (secondary N) is 1. The summed E-state index contributed by atoms with van der Waals surface area (Å²) < 4.78 is 5.65. The molecule has 1 saturated carbocycles. The Kier molecular flexibility index (Phi) is 7.03. The number of carbonyl (C=O) groups is 2. The summed E-state index contributed by atoms with van der Waals surface area (Å²) in [5, 5.41) is 2.95. The second-order valence-electron chi connectivity index (χ2n) is 7.57. The standard InChI is InChI=1S/C20H31N3O3/c1-15-7-8-16(17(11-15)26-13-19(25)23(2)3)22-18(24)12-20(14-21)9-5-4-6-10-20/h7-8,11H,4-6,9-10,12-14,21H2,1-3H3,(H,22,24). The highest BCUT2D eigenvalue weighted by atomic mass is 16.5. The van der Waals surface area contributed by atoms with Gasteiger partial charge in [0.05, 0.1) is 5.69 Å². The topological polar surface area (TPSA) is 84.7 Å². The number of ether oxygens (including phenoxy) is 1. The van der Waals surface area contributed by atoms with Crippen LogP contribution in [-0.4, -0.2) is 44.0 Å². The summed E-state index contributed by atoms with van der Waals surface area (Å²) in [6, 6.07) is 5.56. The van der Waals surface area contributed by atoms with E-state index in [0.717, 1.165) is 31.2 Å². The first kappa shape index (κ1) is 20.2. The molecule has 2 amide bonds. The summed E-state index contributed by atoms with van der Waals surface area (Å²) in [7, 11) is 3.36. The van der Waals surface area contributed by atoms with E-state index in [1.165, 1.54) is 11.3 Å². The molecule has 0 aromatic heterocycles. The molecule has 1 aliphatic carbocycles. The molecule has 0 radical (unpaired) electrons. The monoisotopic (exact) mass is 361 g/mol.